The quantitative estimate of drug-likeness (QED) is 0.681. The first kappa shape index (κ1) is 20.9. The van der Waals surface area contributed by atoms with Gasteiger partial charge in [-0.15, -0.1) is 0 Å². The van der Waals surface area contributed by atoms with E-state index in [9.17, 15) is 0 Å². The third-order valence-electron chi connectivity index (χ3n) is 3.26. The zero-order valence-electron chi connectivity index (χ0n) is 13.8. The molecule has 0 fully saturated rings. The Morgan fingerprint density at radius 1 is 0.789 bits per heavy atom. The molecule has 0 atom stereocenters. The third-order valence-corrected chi connectivity index (χ3v) is 3.26. The molecule has 0 N–H and O–H groups in total. The Bertz CT molecular complexity index is 315. The fourth-order valence-electron chi connectivity index (χ4n) is 1.19. The highest BCUT2D eigenvalue weighted by Gasteiger charge is 2.11. The Balaban J connectivity index is 0. The average molecular weight is 332 g/mol. The monoisotopic (exact) mass is 331 g/mol. The van der Waals surface area contributed by atoms with Gasteiger partial charge in [-0.25, -0.2) is 0 Å². The van der Waals surface area contributed by atoms with E-state index >= 15 is 0 Å². The summed E-state index contributed by atoms with van der Waals surface area (Å²) in [6.45, 7) is 7.91. The first-order valence-electron chi connectivity index (χ1n) is 6.86. The molecule has 1 aromatic rings. The molecule has 0 bridgehead atoms. The SMILES string of the molecule is CC[N+](C)(C)C.CC[N+](C)(C)Cc1ccccc1.[Br-]. The van der Waals surface area contributed by atoms with Crippen molar-refractivity contribution in [3.8, 4) is 0 Å². The second kappa shape index (κ2) is 9.51. The summed E-state index contributed by atoms with van der Waals surface area (Å²) in [5.74, 6) is 0. The van der Waals surface area contributed by atoms with Gasteiger partial charge in [-0.2, -0.15) is 0 Å². The molecular weight excluding hydrogens is 300 g/mol. The molecule has 0 radical (unpaired) electrons. The minimum absolute atomic E-state index is 0. The van der Waals surface area contributed by atoms with Crippen LogP contribution in [0.4, 0.5) is 0 Å². The van der Waals surface area contributed by atoms with Crippen LogP contribution in [0.3, 0.4) is 0 Å². The first-order valence-corrected chi connectivity index (χ1v) is 6.86. The lowest BCUT2D eigenvalue weighted by Gasteiger charge is -2.28. The van der Waals surface area contributed by atoms with Crippen molar-refractivity contribution in [3.05, 3.63) is 35.9 Å². The summed E-state index contributed by atoms with van der Waals surface area (Å²) in [6.07, 6.45) is 0. The van der Waals surface area contributed by atoms with Gasteiger partial charge in [-0.1, -0.05) is 30.3 Å². The van der Waals surface area contributed by atoms with Crippen molar-refractivity contribution in [1.82, 2.24) is 0 Å². The molecule has 0 saturated heterocycles. The van der Waals surface area contributed by atoms with Gasteiger partial charge in [0.05, 0.1) is 48.3 Å². The molecule has 0 amide bonds. The van der Waals surface area contributed by atoms with Gasteiger partial charge in [0.15, 0.2) is 0 Å². The molecule has 19 heavy (non-hydrogen) atoms. The molecule has 0 heterocycles. The standard InChI is InChI=1S/C11H18N.C5H14N.BrH/c1-4-12(2,3)10-11-8-6-5-7-9-11;1-5-6(2,3)4;/h5-9H,4,10H2,1-3H3;5H2,1-4H3;1H/q2*+1;/p-1. The van der Waals surface area contributed by atoms with Crippen LogP contribution >= 0.6 is 0 Å². The predicted octanol–water partition coefficient (Wildman–Crippen LogP) is -0.000600. The number of quaternary nitrogens is 2. The van der Waals surface area contributed by atoms with Crippen molar-refractivity contribution in [2.45, 2.75) is 20.4 Å². The van der Waals surface area contributed by atoms with Gasteiger partial charge in [0, 0.05) is 5.56 Å². The summed E-state index contributed by atoms with van der Waals surface area (Å²) in [4.78, 5) is 0. The highest BCUT2D eigenvalue weighted by Crippen LogP contribution is 2.07. The van der Waals surface area contributed by atoms with Crippen molar-refractivity contribution in [1.29, 1.82) is 0 Å². The van der Waals surface area contributed by atoms with Gasteiger partial charge < -0.3 is 25.9 Å². The zero-order chi connectivity index (χ0) is 14.2. The smallest absolute Gasteiger partial charge is 0.104 e. The minimum atomic E-state index is 0. The normalized spacial score (nSPS) is 11.1. The Hall–Kier alpha value is -0.380. The van der Waals surface area contributed by atoms with E-state index < -0.39 is 0 Å². The van der Waals surface area contributed by atoms with Crippen LogP contribution in [0.1, 0.15) is 19.4 Å². The van der Waals surface area contributed by atoms with Crippen molar-refractivity contribution >= 4 is 0 Å². The van der Waals surface area contributed by atoms with Gasteiger partial charge in [0.1, 0.15) is 6.54 Å². The lowest BCUT2D eigenvalue weighted by Crippen LogP contribution is -3.00. The largest absolute Gasteiger partial charge is 1.00 e. The molecule has 0 aliphatic rings. The Morgan fingerprint density at radius 2 is 1.21 bits per heavy atom. The molecule has 0 saturated carbocycles. The number of nitrogens with zero attached hydrogens (tertiary/aromatic N) is 2. The molecule has 0 unspecified atom stereocenters. The Kier molecular flexibility index (Phi) is 10.5. The highest BCUT2D eigenvalue weighted by atomic mass is 79.9. The van der Waals surface area contributed by atoms with Crippen LogP contribution in [-0.4, -0.2) is 57.3 Å². The second-order valence-electron chi connectivity index (χ2n) is 6.50. The lowest BCUT2D eigenvalue weighted by atomic mass is 10.2. The van der Waals surface area contributed by atoms with Gasteiger partial charge in [0.25, 0.3) is 0 Å². The fourth-order valence-corrected chi connectivity index (χ4v) is 1.19. The summed E-state index contributed by atoms with van der Waals surface area (Å²) in [7, 11) is 11.1. The molecule has 0 aromatic heterocycles. The van der Waals surface area contributed by atoms with Crippen molar-refractivity contribution in [3.63, 3.8) is 0 Å². The maximum atomic E-state index is 2.26. The summed E-state index contributed by atoms with van der Waals surface area (Å²) < 4.78 is 2.13. The topological polar surface area (TPSA) is 0 Å². The maximum absolute atomic E-state index is 2.26. The Morgan fingerprint density at radius 3 is 1.53 bits per heavy atom. The lowest BCUT2D eigenvalue weighted by molar-refractivity contribution is -0.901. The molecule has 1 rings (SSSR count). The van der Waals surface area contributed by atoms with E-state index in [1.807, 2.05) is 0 Å². The Labute approximate surface area is 131 Å². The van der Waals surface area contributed by atoms with E-state index in [-0.39, 0.29) is 17.0 Å². The number of hydrogen-bond donors (Lipinski definition) is 0. The number of rotatable bonds is 4. The van der Waals surface area contributed by atoms with E-state index in [1.54, 1.807) is 0 Å². The van der Waals surface area contributed by atoms with Crippen LogP contribution < -0.4 is 17.0 Å². The van der Waals surface area contributed by atoms with E-state index in [0.717, 1.165) is 15.5 Å². The first-order chi connectivity index (χ1) is 8.20. The third kappa shape index (κ3) is 12.4. The highest BCUT2D eigenvalue weighted by molar-refractivity contribution is 5.13. The molecule has 112 valence electrons. The van der Waals surface area contributed by atoms with Gasteiger partial charge >= 0.3 is 0 Å². The number of benzene rings is 1. The van der Waals surface area contributed by atoms with Crippen LogP contribution in [0.25, 0.3) is 0 Å². The van der Waals surface area contributed by atoms with Crippen molar-refractivity contribution < 1.29 is 25.9 Å². The fraction of sp³-hybridized carbons (Fsp3) is 0.625. The summed E-state index contributed by atoms with van der Waals surface area (Å²) in [6, 6.07) is 10.6. The maximum Gasteiger partial charge on any atom is 0.104 e. The van der Waals surface area contributed by atoms with Crippen LogP contribution in [0.5, 0.6) is 0 Å². The minimum Gasteiger partial charge on any atom is -1.00 e. The van der Waals surface area contributed by atoms with Gasteiger partial charge in [0.2, 0.25) is 0 Å². The average Bonchev–Trinajstić information content (AvgIpc) is 2.30. The number of halogens is 1. The van der Waals surface area contributed by atoms with Crippen molar-refractivity contribution in [2.24, 2.45) is 0 Å². The summed E-state index contributed by atoms with van der Waals surface area (Å²) in [5, 5.41) is 0. The van der Waals surface area contributed by atoms with Crippen LogP contribution in [0.2, 0.25) is 0 Å². The molecule has 2 nitrogen and oxygen atoms in total. The molecule has 3 heteroatoms. The van der Waals surface area contributed by atoms with Crippen LogP contribution in [0, 0.1) is 0 Å². The van der Waals surface area contributed by atoms with Gasteiger partial charge in [-0.3, -0.25) is 0 Å². The number of hydrogen-bond acceptors (Lipinski definition) is 0. The molecule has 0 aliphatic carbocycles. The zero-order valence-corrected chi connectivity index (χ0v) is 15.4. The molecule has 1 aromatic carbocycles. The van der Waals surface area contributed by atoms with Gasteiger partial charge in [-0.05, 0) is 13.8 Å². The molecular formula is C16H32BrN2+. The van der Waals surface area contributed by atoms with Crippen molar-refractivity contribution in [2.75, 3.05) is 48.3 Å². The van der Waals surface area contributed by atoms with Crippen LogP contribution in [-0.2, 0) is 6.54 Å². The molecule has 0 aliphatic heterocycles. The van der Waals surface area contributed by atoms with E-state index in [2.05, 4.69) is 79.4 Å². The summed E-state index contributed by atoms with van der Waals surface area (Å²) in [5.41, 5.74) is 1.42. The van der Waals surface area contributed by atoms with E-state index in [1.165, 1.54) is 18.7 Å². The van der Waals surface area contributed by atoms with E-state index in [0.29, 0.717) is 0 Å². The van der Waals surface area contributed by atoms with Crippen LogP contribution in [0.15, 0.2) is 30.3 Å². The second-order valence-corrected chi connectivity index (χ2v) is 6.50. The molecule has 0 spiro atoms. The predicted molar refractivity (Wildman–Crippen MR) is 81.4 cm³/mol. The summed E-state index contributed by atoms with van der Waals surface area (Å²) >= 11 is 0. The van der Waals surface area contributed by atoms with E-state index in [4.69, 9.17) is 0 Å².